The van der Waals surface area contributed by atoms with Crippen molar-refractivity contribution < 1.29 is 13.2 Å². The van der Waals surface area contributed by atoms with Gasteiger partial charge in [0.05, 0.1) is 4.90 Å². The van der Waals surface area contributed by atoms with E-state index in [9.17, 15) is 13.2 Å². The first-order chi connectivity index (χ1) is 11.6. The van der Waals surface area contributed by atoms with Gasteiger partial charge in [-0.3, -0.25) is 0 Å². The molecule has 0 radical (unpaired) electrons. The van der Waals surface area contributed by atoms with E-state index < -0.39 is 10.0 Å². The van der Waals surface area contributed by atoms with E-state index in [2.05, 4.69) is 24.5 Å². The molecule has 25 heavy (non-hydrogen) atoms. The molecule has 1 atom stereocenters. The summed E-state index contributed by atoms with van der Waals surface area (Å²) in [5.41, 5.74) is 0.568. The number of nitrogens with one attached hydrogen (secondary N) is 2. The molecule has 1 unspecified atom stereocenters. The highest BCUT2D eigenvalue weighted by atomic mass is 32.2. The molecule has 0 bridgehead atoms. The fraction of sp³-hybridized carbons (Fsp3) is 0.611. The van der Waals surface area contributed by atoms with Crippen LogP contribution in [0.1, 0.15) is 45.6 Å². The highest BCUT2D eigenvalue weighted by Gasteiger charge is 2.20. The number of rotatable bonds is 9. The first kappa shape index (κ1) is 21.4. The average Bonchev–Trinajstić information content (AvgIpc) is 2.52. The molecule has 7 heteroatoms. The van der Waals surface area contributed by atoms with Crippen molar-refractivity contribution in [3.05, 3.63) is 29.8 Å². The summed E-state index contributed by atoms with van der Waals surface area (Å²) in [5.74, 6) is 0.663. The van der Waals surface area contributed by atoms with Crippen molar-refractivity contribution in [1.82, 2.24) is 14.9 Å². The van der Waals surface area contributed by atoms with Crippen LogP contribution in [0, 0.1) is 5.92 Å². The minimum absolute atomic E-state index is 0.0829. The molecule has 1 aromatic rings. The van der Waals surface area contributed by atoms with Gasteiger partial charge in [0.2, 0.25) is 10.0 Å². The second kappa shape index (κ2) is 9.77. The topological polar surface area (TPSA) is 78.5 Å². The number of nitrogens with zero attached hydrogens (tertiary/aromatic N) is 1. The molecular formula is C18H31N3O3S. The quantitative estimate of drug-likeness (QED) is 0.702. The van der Waals surface area contributed by atoms with Gasteiger partial charge >= 0.3 is 6.03 Å². The summed E-state index contributed by atoms with van der Waals surface area (Å²) in [5, 5.41) is 5.64. The van der Waals surface area contributed by atoms with E-state index in [1.165, 1.54) is 18.4 Å². The van der Waals surface area contributed by atoms with E-state index in [1.807, 2.05) is 6.92 Å². The molecule has 1 aromatic carbocycles. The van der Waals surface area contributed by atoms with Crippen LogP contribution < -0.4 is 10.6 Å². The van der Waals surface area contributed by atoms with E-state index in [4.69, 9.17) is 0 Å². The van der Waals surface area contributed by atoms with Crippen molar-refractivity contribution in [2.45, 2.75) is 57.5 Å². The summed E-state index contributed by atoms with van der Waals surface area (Å²) in [6.45, 7) is 6.51. The lowest BCUT2D eigenvalue weighted by molar-refractivity contribution is 0.236. The first-order valence-electron chi connectivity index (χ1n) is 8.69. The zero-order chi connectivity index (χ0) is 19.0. The SMILES string of the molecule is CC(C)CCCC(C)NC(=O)NCc1ccccc1S(=O)(=O)N(C)C. The van der Waals surface area contributed by atoms with Gasteiger partial charge < -0.3 is 10.6 Å². The molecular weight excluding hydrogens is 338 g/mol. The third-order valence-electron chi connectivity index (χ3n) is 3.97. The lowest BCUT2D eigenvalue weighted by Crippen LogP contribution is -2.40. The van der Waals surface area contributed by atoms with Crippen LogP contribution in [-0.4, -0.2) is 38.9 Å². The van der Waals surface area contributed by atoms with Crippen molar-refractivity contribution in [2.24, 2.45) is 5.92 Å². The molecule has 1 rings (SSSR count). The van der Waals surface area contributed by atoms with Gasteiger partial charge in [0.15, 0.2) is 0 Å². The van der Waals surface area contributed by atoms with Crippen molar-refractivity contribution in [3.63, 3.8) is 0 Å². The largest absolute Gasteiger partial charge is 0.336 e. The van der Waals surface area contributed by atoms with Crippen LogP contribution in [-0.2, 0) is 16.6 Å². The van der Waals surface area contributed by atoms with Crippen LogP contribution in [0.15, 0.2) is 29.2 Å². The summed E-state index contributed by atoms with van der Waals surface area (Å²) in [6, 6.07) is 6.50. The van der Waals surface area contributed by atoms with E-state index >= 15 is 0 Å². The predicted molar refractivity (Wildman–Crippen MR) is 101 cm³/mol. The monoisotopic (exact) mass is 369 g/mol. The Hall–Kier alpha value is -1.60. The third kappa shape index (κ3) is 7.04. The fourth-order valence-electron chi connectivity index (χ4n) is 2.45. The van der Waals surface area contributed by atoms with Crippen LogP contribution in [0.25, 0.3) is 0 Å². The number of sulfonamides is 1. The Kier molecular flexibility index (Phi) is 8.38. The van der Waals surface area contributed by atoms with Gasteiger partial charge in [0, 0.05) is 26.7 Å². The third-order valence-corrected chi connectivity index (χ3v) is 5.88. The van der Waals surface area contributed by atoms with E-state index in [0.29, 0.717) is 11.5 Å². The molecule has 0 fully saturated rings. The number of amides is 2. The molecule has 142 valence electrons. The predicted octanol–water partition coefficient (Wildman–Crippen LogP) is 2.95. The molecule has 0 saturated carbocycles. The molecule has 2 amide bonds. The molecule has 0 aliphatic carbocycles. The van der Waals surface area contributed by atoms with Gasteiger partial charge in [-0.25, -0.2) is 17.5 Å². The normalized spacial score (nSPS) is 13.1. The van der Waals surface area contributed by atoms with Crippen LogP contribution in [0.2, 0.25) is 0 Å². The van der Waals surface area contributed by atoms with Crippen molar-refractivity contribution in [3.8, 4) is 0 Å². The van der Waals surface area contributed by atoms with Crippen LogP contribution in [0.5, 0.6) is 0 Å². The number of hydrogen-bond donors (Lipinski definition) is 2. The Labute approximate surface area is 152 Å². The smallest absolute Gasteiger partial charge is 0.315 e. The molecule has 0 saturated heterocycles. The van der Waals surface area contributed by atoms with Crippen LogP contribution in [0.4, 0.5) is 4.79 Å². The van der Waals surface area contributed by atoms with E-state index in [0.717, 1.165) is 19.3 Å². The number of carbonyl (C=O) groups is 1. The van der Waals surface area contributed by atoms with Gasteiger partial charge in [-0.15, -0.1) is 0 Å². The van der Waals surface area contributed by atoms with Gasteiger partial charge in [0.25, 0.3) is 0 Å². The van der Waals surface area contributed by atoms with Crippen molar-refractivity contribution in [2.75, 3.05) is 14.1 Å². The lowest BCUT2D eigenvalue weighted by Gasteiger charge is -2.17. The Balaban J connectivity index is 2.60. The van der Waals surface area contributed by atoms with E-state index in [-0.39, 0.29) is 23.5 Å². The number of carbonyl (C=O) groups excluding carboxylic acids is 1. The Morgan fingerprint density at radius 3 is 2.36 bits per heavy atom. The second-order valence-electron chi connectivity index (χ2n) is 6.95. The number of urea groups is 1. The zero-order valence-corrected chi connectivity index (χ0v) is 16.7. The maximum absolute atomic E-state index is 12.3. The molecule has 0 aromatic heterocycles. The molecule has 6 nitrogen and oxygen atoms in total. The van der Waals surface area contributed by atoms with Crippen LogP contribution >= 0.6 is 0 Å². The molecule has 0 spiro atoms. The highest BCUT2D eigenvalue weighted by molar-refractivity contribution is 7.89. The van der Waals surface area contributed by atoms with E-state index in [1.54, 1.807) is 24.3 Å². The second-order valence-corrected chi connectivity index (χ2v) is 9.07. The fourth-order valence-corrected chi connectivity index (χ4v) is 3.57. The van der Waals surface area contributed by atoms with Gasteiger partial charge in [0.1, 0.15) is 0 Å². The number of hydrogen-bond acceptors (Lipinski definition) is 3. The maximum Gasteiger partial charge on any atom is 0.315 e. The van der Waals surface area contributed by atoms with Gasteiger partial charge in [-0.1, -0.05) is 44.9 Å². The highest BCUT2D eigenvalue weighted by Crippen LogP contribution is 2.18. The summed E-state index contributed by atoms with van der Waals surface area (Å²) in [6.07, 6.45) is 3.14. The minimum Gasteiger partial charge on any atom is -0.336 e. The standard InChI is InChI=1S/C18H31N3O3S/c1-14(2)9-8-10-15(3)20-18(22)19-13-16-11-6-7-12-17(16)25(23,24)21(4)5/h6-7,11-12,14-15H,8-10,13H2,1-5H3,(H2,19,20,22). The summed E-state index contributed by atoms with van der Waals surface area (Å²) >= 11 is 0. The first-order valence-corrected chi connectivity index (χ1v) is 10.1. The summed E-state index contributed by atoms with van der Waals surface area (Å²) in [4.78, 5) is 12.2. The summed E-state index contributed by atoms with van der Waals surface area (Å²) < 4.78 is 25.9. The summed E-state index contributed by atoms with van der Waals surface area (Å²) in [7, 11) is -0.555. The maximum atomic E-state index is 12.3. The van der Waals surface area contributed by atoms with Crippen LogP contribution in [0.3, 0.4) is 0 Å². The average molecular weight is 370 g/mol. The minimum atomic E-state index is -3.54. The Morgan fingerprint density at radius 2 is 1.76 bits per heavy atom. The van der Waals surface area contributed by atoms with Gasteiger partial charge in [-0.05, 0) is 30.9 Å². The number of benzene rings is 1. The lowest BCUT2D eigenvalue weighted by atomic mass is 10.0. The Bertz CT molecular complexity index is 657. The molecule has 0 aliphatic rings. The Morgan fingerprint density at radius 1 is 1.12 bits per heavy atom. The zero-order valence-electron chi connectivity index (χ0n) is 15.9. The van der Waals surface area contributed by atoms with Crippen molar-refractivity contribution >= 4 is 16.1 Å². The molecule has 2 N–H and O–H groups in total. The van der Waals surface area contributed by atoms with Crippen molar-refractivity contribution in [1.29, 1.82) is 0 Å². The van der Waals surface area contributed by atoms with Gasteiger partial charge in [-0.2, -0.15) is 0 Å². The molecule has 0 heterocycles. The molecule has 0 aliphatic heterocycles.